The molecule has 0 amide bonds. The summed E-state index contributed by atoms with van der Waals surface area (Å²) in [6, 6.07) is 15.0. The smallest absolute Gasteiger partial charge is 0.0176 e. The van der Waals surface area contributed by atoms with Crippen LogP contribution < -0.4 is 5.73 Å². The number of aryl methyl sites for hydroxylation is 1. The lowest BCUT2D eigenvalue weighted by molar-refractivity contribution is 0.963. The van der Waals surface area contributed by atoms with Gasteiger partial charge in [0.25, 0.3) is 0 Å². The number of benzene rings is 2. The maximum absolute atomic E-state index is 5.58. The van der Waals surface area contributed by atoms with Crippen molar-refractivity contribution in [3.8, 4) is 0 Å². The van der Waals surface area contributed by atoms with Gasteiger partial charge in [-0.3, -0.25) is 0 Å². The largest absolute Gasteiger partial charge is 0.330 e. The third kappa shape index (κ3) is 3.61. The predicted molar refractivity (Wildman–Crippen MR) is 82.2 cm³/mol. The maximum Gasteiger partial charge on any atom is 0.0176 e. The molecule has 0 atom stereocenters. The summed E-state index contributed by atoms with van der Waals surface area (Å²) in [5.41, 5.74) is 8.21. The van der Waals surface area contributed by atoms with E-state index in [-0.39, 0.29) is 0 Å². The number of rotatable bonds is 4. The van der Waals surface area contributed by atoms with Crippen molar-refractivity contribution < 1.29 is 0 Å². The molecule has 0 saturated carbocycles. The summed E-state index contributed by atoms with van der Waals surface area (Å²) >= 11 is 5.25. The summed E-state index contributed by atoms with van der Waals surface area (Å²) in [5, 5.41) is 0. The summed E-state index contributed by atoms with van der Waals surface area (Å²) in [5.74, 6) is 0. The van der Waals surface area contributed by atoms with Crippen LogP contribution in [0.15, 0.2) is 56.7 Å². The zero-order chi connectivity index (χ0) is 13.0. The Balaban J connectivity index is 2.16. The van der Waals surface area contributed by atoms with Crippen molar-refractivity contribution in [2.24, 2.45) is 5.73 Å². The Labute approximate surface area is 121 Å². The van der Waals surface area contributed by atoms with E-state index >= 15 is 0 Å². The van der Waals surface area contributed by atoms with E-state index in [4.69, 9.17) is 5.73 Å². The number of nitrogens with two attached hydrogens (primary N) is 1. The maximum atomic E-state index is 5.58. The second-order valence-corrected chi connectivity index (χ2v) is 6.23. The van der Waals surface area contributed by atoms with Crippen LogP contribution >= 0.6 is 27.7 Å². The van der Waals surface area contributed by atoms with Gasteiger partial charge in [-0.05, 0) is 61.3 Å². The van der Waals surface area contributed by atoms with Crippen LogP contribution in [0.4, 0.5) is 0 Å². The van der Waals surface area contributed by atoms with Gasteiger partial charge in [0.2, 0.25) is 0 Å². The molecule has 0 aliphatic heterocycles. The number of hydrogen-bond acceptors (Lipinski definition) is 2. The van der Waals surface area contributed by atoms with Crippen LogP contribution in [0.2, 0.25) is 0 Å². The van der Waals surface area contributed by atoms with Gasteiger partial charge in [0, 0.05) is 14.3 Å². The highest BCUT2D eigenvalue weighted by Gasteiger charge is 2.02. The molecular formula is C15H16BrNS. The first-order valence-corrected chi connectivity index (χ1v) is 7.53. The number of halogens is 1. The van der Waals surface area contributed by atoms with E-state index in [1.165, 1.54) is 20.9 Å². The molecule has 0 aliphatic carbocycles. The van der Waals surface area contributed by atoms with E-state index in [1.807, 2.05) is 0 Å². The molecule has 2 N–H and O–H groups in total. The van der Waals surface area contributed by atoms with Crippen LogP contribution in [-0.2, 0) is 6.42 Å². The molecule has 0 bridgehead atoms. The fourth-order valence-corrected chi connectivity index (χ4v) is 2.92. The molecule has 2 rings (SSSR count). The lowest BCUT2D eigenvalue weighted by atomic mass is 10.1. The minimum absolute atomic E-state index is 0.707. The zero-order valence-corrected chi connectivity index (χ0v) is 12.7. The second kappa shape index (κ2) is 6.41. The molecule has 18 heavy (non-hydrogen) atoms. The SMILES string of the molecule is Cc1cc(CCN)ccc1Sc1ccc(Br)cc1. The van der Waals surface area contributed by atoms with Gasteiger partial charge < -0.3 is 5.73 Å². The monoisotopic (exact) mass is 321 g/mol. The van der Waals surface area contributed by atoms with Crippen LogP contribution in [0.1, 0.15) is 11.1 Å². The van der Waals surface area contributed by atoms with Gasteiger partial charge in [-0.1, -0.05) is 39.8 Å². The highest BCUT2D eigenvalue weighted by Crippen LogP contribution is 2.31. The van der Waals surface area contributed by atoms with Crippen molar-refractivity contribution in [1.82, 2.24) is 0 Å². The summed E-state index contributed by atoms with van der Waals surface area (Å²) in [6.45, 7) is 2.86. The topological polar surface area (TPSA) is 26.0 Å². The van der Waals surface area contributed by atoms with Gasteiger partial charge in [0.15, 0.2) is 0 Å². The molecule has 0 heterocycles. The van der Waals surface area contributed by atoms with Crippen LogP contribution in [0.25, 0.3) is 0 Å². The van der Waals surface area contributed by atoms with Gasteiger partial charge in [-0.2, -0.15) is 0 Å². The fraction of sp³-hybridized carbons (Fsp3) is 0.200. The van der Waals surface area contributed by atoms with Gasteiger partial charge >= 0.3 is 0 Å². The van der Waals surface area contributed by atoms with E-state index in [1.54, 1.807) is 11.8 Å². The van der Waals surface area contributed by atoms with E-state index in [0.29, 0.717) is 6.54 Å². The molecular weight excluding hydrogens is 306 g/mol. The zero-order valence-electron chi connectivity index (χ0n) is 10.3. The van der Waals surface area contributed by atoms with Crippen molar-refractivity contribution in [1.29, 1.82) is 0 Å². The Hall–Kier alpha value is -0.770. The predicted octanol–water partition coefficient (Wildman–Crippen LogP) is 4.41. The summed E-state index contributed by atoms with van der Waals surface area (Å²) < 4.78 is 1.11. The first kappa shape index (κ1) is 13.7. The van der Waals surface area contributed by atoms with Crippen molar-refractivity contribution >= 4 is 27.7 Å². The van der Waals surface area contributed by atoms with Crippen LogP contribution in [0.5, 0.6) is 0 Å². The van der Waals surface area contributed by atoms with Crippen molar-refractivity contribution in [2.75, 3.05) is 6.54 Å². The molecule has 94 valence electrons. The minimum Gasteiger partial charge on any atom is -0.330 e. The molecule has 2 aromatic carbocycles. The van der Waals surface area contributed by atoms with E-state index in [9.17, 15) is 0 Å². The molecule has 0 aromatic heterocycles. The van der Waals surface area contributed by atoms with Gasteiger partial charge in [0.1, 0.15) is 0 Å². The molecule has 0 aliphatic rings. The average Bonchev–Trinajstić information content (AvgIpc) is 2.36. The van der Waals surface area contributed by atoms with E-state index in [0.717, 1.165) is 10.9 Å². The Morgan fingerprint density at radius 1 is 1.11 bits per heavy atom. The highest BCUT2D eigenvalue weighted by atomic mass is 79.9. The molecule has 3 heteroatoms. The van der Waals surface area contributed by atoms with Crippen LogP contribution in [0, 0.1) is 6.92 Å². The third-order valence-corrected chi connectivity index (χ3v) is 4.43. The molecule has 0 saturated heterocycles. The highest BCUT2D eigenvalue weighted by molar-refractivity contribution is 9.10. The second-order valence-electron chi connectivity index (χ2n) is 4.19. The van der Waals surface area contributed by atoms with Crippen molar-refractivity contribution in [2.45, 2.75) is 23.1 Å². The summed E-state index contributed by atoms with van der Waals surface area (Å²) in [6.07, 6.45) is 0.948. The van der Waals surface area contributed by atoms with E-state index in [2.05, 4.69) is 65.3 Å². The third-order valence-electron chi connectivity index (χ3n) is 2.71. The first-order valence-electron chi connectivity index (χ1n) is 5.92. The molecule has 2 aromatic rings. The minimum atomic E-state index is 0.707. The lowest BCUT2D eigenvalue weighted by Gasteiger charge is -2.08. The van der Waals surface area contributed by atoms with Crippen molar-refractivity contribution in [3.05, 3.63) is 58.1 Å². The normalized spacial score (nSPS) is 10.6. The Morgan fingerprint density at radius 3 is 2.44 bits per heavy atom. The average molecular weight is 322 g/mol. The molecule has 0 unspecified atom stereocenters. The lowest BCUT2D eigenvalue weighted by Crippen LogP contribution is -2.02. The summed E-state index contributed by atoms with van der Waals surface area (Å²) in [7, 11) is 0. The first-order chi connectivity index (χ1) is 8.69. The molecule has 0 fully saturated rings. The molecule has 0 spiro atoms. The van der Waals surface area contributed by atoms with Gasteiger partial charge in [0.05, 0.1) is 0 Å². The van der Waals surface area contributed by atoms with Gasteiger partial charge in [-0.25, -0.2) is 0 Å². The fourth-order valence-electron chi connectivity index (χ4n) is 1.78. The standard InChI is InChI=1S/C15H16BrNS/c1-11-10-12(8-9-17)2-7-15(11)18-14-5-3-13(16)4-6-14/h2-7,10H,8-9,17H2,1H3. The molecule has 1 nitrogen and oxygen atoms in total. The molecule has 0 radical (unpaired) electrons. The Bertz CT molecular complexity index is 523. The quantitative estimate of drug-likeness (QED) is 0.902. The Kier molecular flexibility index (Phi) is 4.87. The summed E-state index contributed by atoms with van der Waals surface area (Å²) in [4.78, 5) is 2.56. The van der Waals surface area contributed by atoms with Crippen molar-refractivity contribution in [3.63, 3.8) is 0 Å². The Morgan fingerprint density at radius 2 is 1.83 bits per heavy atom. The van der Waals surface area contributed by atoms with Crippen LogP contribution in [0.3, 0.4) is 0 Å². The van der Waals surface area contributed by atoms with Crippen LogP contribution in [-0.4, -0.2) is 6.54 Å². The van der Waals surface area contributed by atoms with E-state index < -0.39 is 0 Å². The number of hydrogen-bond donors (Lipinski definition) is 1. The van der Waals surface area contributed by atoms with Gasteiger partial charge in [-0.15, -0.1) is 0 Å².